The molecule has 1 heteroatoms. The predicted molar refractivity (Wildman–Crippen MR) is 42.3 cm³/mol. The van der Waals surface area contributed by atoms with Crippen molar-refractivity contribution < 1.29 is 0 Å². The van der Waals surface area contributed by atoms with Crippen LogP contribution in [-0.2, 0) is 0 Å². The maximum atomic E-state index is 5.74. The third-order valence-electron chi connectivity index (χ3n) is 1.23. The number of hydrogen-bond acceptors (Lipinski definition) is 1. The summed E-state index contributed by atoms with van der Waals surface area (Å²) in [4.78, 5) is 0. The molecular formula is C8H17N. The topological polar surface area (TPSA) is 26.0 Å². The molecule has 1 nitrogen and oxygen atoms in total. The molecule has 2 N–H and O–H groups in total. The Morgan fingerprint density at radius 3 is 2.44 bits per heavy atom. The van der Waals surface area contributed by atoms with Gasteiger partial charge in [0.15, 0.2) is 0 Å². The van der Waals surface area contributed by atoms with Crippen LogP contribution in [0.3, 0.4) is 0 Å². The summed E-state index contributed by atoms with van der Waals surface area (Å²) >= 11 is 0. The van der Waals surface area contributed by atoms with Gasteiger partial charge in [-0.1, -0.05) is 6.08 Å². The lowest BCUT2D eigenvalue weighted by Gasteiger charge is -2.16. The zero-order valence-corrected chi connectivity index (χ0v) is 6.48. The van der Waals surface area contributed by atoms with Crippen molar-refractivity contribution >= 4 is 0 Å². The smallest absolute Gasteiger partial charge is 0.00971 e. The molecule has 54 valence electrons. The standard InChI is InChI=1S/C8H17N/c1-4-5-6-7-8(2,3)9/h4H,1,5-7,9H2,2-3H3. The van der Waals surface area contributed by atoms with E-state index in [0.717, 1.165) is 19.3 Å². The van der Waals surface area contributed by atoms with Crippen molar-refractivity contribution in [1.29, 1.82) is 0 Å². The van der Waals surface area contributed by atoms with Crippen LogP contribution >= 0.6 is 0 Å². The van der Waals surface area contributed by atoms with Crippen molar-refractivity contribution in [3.8, 4) is 0 Å². The van der Waals surface area contributed by atoms with E-state index in [0.29, 0.717) is 0 Å². The van der Waals surface area contributed by atoms with Gasteiger partial charge < -0.3 is 5.73 Å². The van der Waals surface area contributed by atoms with E-state index in [9.17, 15) is 0 Å². The van der Waals surface area contributed by atoms with Gasteiger partial charge in [-0.05, 0) is 33.1 Å². The highest BCUT2D eigenvalue weighted by Gasteiger charge is 2.07. The summed E-state index contributed by atoms with van der Waals surface area (Å²) in [6.45, 7) is 7.74. The van der Waals surface area contributed by atoms with E-state index < -0.39 is 0 Å². The second-order valence-electron chi connectivity index (χ2n) is 3.17. The Morgan fingerprint density at radius 1 is 1.56 bits per heavy atom. The summed E-state index contributed by atoms with van der Waals surface area (Å²) < 4.78 is 0. The zero-order valence-electron chi connectivity index (χ0n) is 6.48. The Balaban J connectivity index is 3.17. The van der Waals surface area contributed by atoms with E-state index in [-0.39, 0.29) is 5.54 Å². The number of allylic oxidation sites excluding steroid dienone is 1. The summed E-state index contributed by atoms with van der Waals surface area (Å²) in [5.74, 6) is 0. The molecular weight excluding hydrogens is 110 g/mol. The monoisotopic (exact) mass is 127 g/mol. The maximum Gasteiger partial charge on any atom is 0.00971 e. The maximum absolute atomic E-state index is 5.74. The molecule has 0 aliphatic carbocycles. The lowest BCUT2D eigenvalue weighted by Crippen LogP contribution is -2.31. The van der Waals surface area contributed by atoms with Gasteiger partial charge in [-0.2, -0.15) is 0 Å². The van der Waals surface area contributed by atoms with Gasteiger partial charge in [0.25, 0.3) is 0 Å². The van der Waals surface area contributed by atoms with Gasteiger partial charge in [-0.25, -0.2) is 0 Å². The van der Waals surface area contributed by atoms with Crippen molar-refractivity contribution in [1.82, 2.24) is 0 Å². The second-order valence-corrected chi connectivity index (χ2v) is 3.17. The molecule has 0 fully saturated rings. The first-order valence-corrected chi connectivity index (χ1v) is 3.46. The van der Waals surface area contributed by atoms with E-state index in [1.807, 2.05) is 6.08 Å². The van der Waals surface area contributed by atoms with Crippen LogP contribution in [0.15, 0.2) is 12.7 Å². The molecule has 0 amide bonds. The molecule has 0 heterocycles. The SMILES string of the molecule is C=CCCCC(C)(C)N. The first kappa shape index (κ1) is 8.70. The van der Waals surface area contributed by atoms with Gasteiger partial charge in [0.1, 0.15) is 0 Å². The Labute approximate surface area is 57.9 Å². The van der Waals surface area contributed by atoms with E-state index in [1.54, 1.807) is 0 Å². The molecule has 0 radical (unpaired) electrons. The van der Waals surface area contributed by atoms with Gasteiger partial charge >= 0.3 is 0 Å². The van der Waals surface area contributed by atoms with Crippen molar-refractivity contribution in [2.24, 2.45) is 5.73 Å². The third-order valence-corrected chi connectivity index (χ3v) is 1.23. The minimum Gasteiger partial charge on any atom is -0.326 e. The molecule has 0 aromatic heterocycles. The Kier molecular flexibility index (Phi) is 3.55. The fraction of sp³-hybridized carbons (Fsp3) is 0.750. The Bertz CT molecular complexity index is 79.1. The summed E-state index contributed by atoms with van der Waals surface area (Å²) in [5, 5.41) is 0. The molecule has 0 spiro atoms. The minimum atomic E-state index is 0.00299. The summed E-state index contributed by atoms with van der Waals surface area (Å²) in [6, 6.07) is 0. The molecule has 0 aromatic carbocycles. The summed E-state index contributed by atoms with van der Waals surface area (Å²) in [5.41, 5.74) is 5.74. The van der Waals surface area contributed by atoms with Crippen LogP contribution in [0.4, 0.5) is 0 Å². The van der Waals surface area contributed by atoms with Crippen LogP contribution in [0.5, 0.6) is 0 Å². The van der Waals surface area contributed by atoms with E-state index >= 15 is 0 Å². The summed E-state index contributed by atoms with van der Waals surface area (Å²) in [7, 11) is 0. The fourth-order valence-corrected chi connectivity index (χ4v) is 0.702. The number of hydrogen-bond donors (Lipinski definition) is 1. The molecule has 0 aliphatic rings. The minimum absolute atomic E-state index is 0.00299. The van der Waals surface area contributed by atoms with Crippen molar-refractivity contribution in [3.63, 3.8) is 0 Å². The van der Waals surface area contributed by atoms with Crippen LogP contribution in [0.2, 0.25) is 0 Å². The van der Waals surface area contributed by atoms with Crippen molar-refractivity contribution in [2.45, 2.75) is 38.6 Å². The molecule has 9 heavy (non-hydrogen) atoms. The van der Waals surface area contributed by atoms with Crippen LogP contribution < -0.4 is 5.73 Å². The Hall–Kier alpha value is -0.300. The number of unbranched alkanes of at least 4 members (excludes halogenated alkanes) is 1. The molecule has 0 saturated carbocycles. The largest absolute Gasteiger partial charge is 0.326 e. The molecule has 0 aliphatic heterocycles. The molecule has 0 atom stereocenters. The van der Waals surface area contributed by atoms with Crippen LogP contribution in [0.1, 0.15) is 33.1 Å². The lowest BCUT2D eigenvalue weighted by atomic mass is 9.99. The number of nitrogens with two attached hydrogens (primary N) is 1. The predicted octanol–water partition coefficient (Wildman–Crippen LogP) is 2.08. The molecule has 0 bridgehead atoms. The van der Waals surface area contributed by atoms with E-state index in [1.165, 1.54) is 0 Å². The lowest BCUT2D eigenvalue weighted by molar-refractivity contribution is 0.461. The fourth-order valence-electron chi connectivity index (χ4n) is 0.702. The zero-order chi connectivity index (χ0) is 7.33. The molecule has 0 unspecified atom stereocenters. The van der Waals surface area contributed by atoms with E-state index in [4.69, 9.17) is 5.73 Å². The molecule has 0 saturated heterocycles. The van der Waals surface area contributed by atoms with Gasteiger partial charge in [0.05, 0.1) is 0 Å². The van der Waals surface area contributed by atoms with Gasteiger partial charge in [-0.15, -0.1) is 6.58 Å². The summed E-state index contributed by atoms with van der Waals surface area (Å²) in [6.07, 6.45) is 5.26. The van der Waals surface area contributed by atoms with Crippen LogP contribution in [-0.4, -0.2) is 5.54 Å². The quantitative estimate of drug-likeness (QED) is 0.454. The van der Waals surface area contributed by atoms with E-state index in [2.05, 4.69) is 20.4 Å². The number of rotatable bonds is 4. The van der Waals surface area contributed by atoms with Crippen molar-refractivity contribution in [3.05, 3.63) is 12.7 Å². The first-order chi connectivity index (χ1) is 4.06. The second kappa shape index (κ2) is 3.67. The van der Waals surface area contributed by atoms with Crippen molar-refractivity contribution in [2.75, 3.05) is 0 Å². The first-order valence-electron chi connectivity index (χ1n) is 3.46. The molecule has 0 rings (SSSR count). The highest BCUT2D eigenvalue weighted by Crippen LogP contribution is 2.08. The highest BCUT2D eigenvalue weighted by molar-refractivity contribution is 4.74. The van der Waals surface area contributed by atoms with Gasteiger partial charge in [0.2, 0.25) is 0 Å². The Morgan fingerprint density at radius 2 is 2.11 bits per heavy atom. The highest BCUT2D eigenvalue weighted by atomic mass is 14.7. The average molecular weight is 127 g/mol. The van der Waals surface area contributed by atoms with Crippen LogP contribution in [0.25, 0.3) is 0 Å². The van der Waals surface area contributed by atoms with Crippen LogP contribution in [0, 0.1) is 0 Å². The third kappa shape index (κ3) is 7.70. The van der Waals surface area contributed by atoms with Gasteiger partial charge in [-0.3, -0.25) is 0 Å². The normalized spacial score (nSPS) is 11.4. The average Bonchev–Trinajstić information content (AvgIpc) is 1.63. The van der Waals surface area contributed by atoms with Gasteiger partial charge in [0, 0.05) is 5.54 Å². The molecule has 0 aromatic rings.